The Morgan fingerprint density at radius 3 is 2.54 bits per heavy atom. The van der Waals surface area contributed by atoms with E-state index in [0.717, 1.165) is 12.5 Å². The number of ether oxygens (including phenoxy) is 1. The van der Waals surface area contributed by atoms with Crippen molar-refractivity contribution in [3.8, 4) is 0 Å². The lowest BCUT2D eigenvalue weighted by Gasteiger charge is -2.31. The summed E-state index contributed by atoms with van der Waals surface area (Å²) >= 11 is 0. The molecule has 0 saturated heterocycles. The van der Waals surface area contributed by atoms with Crippen LogP contribution in [0.3, 0.4) is 0 Å². The largest absolute Gasteiger partial charge is 0.382 e. The standard InChI is InChI=1S/C11H23NO/c1-9(13-4)7-11(2,8-12-3)10-5-6-10/h9-10,12H,5-8H2,1-4H3. The molecule has 0 radical (unpaired) electrons. The van der Waals surface area contributed by atoms with Crippen molar-refractivity contribution in [2.75, 3.05) is 20.7 Å². The molecule has 0 aromatic heterocycles. The zero-order valence-electron chi connectivity index (χ0n) is 9.39. The Morgan fingerprint density at radius 1 is 1.54 bits per heavy atom. The maximum Gasteiger partial charge on any atom is 0.0549 e. The average molecular weight is 185 g/mol. The van der Waals surface area contributed by atoms with E-state index in [1.54, 1.807) is 7.11 Å². The van der Waals surface area contributed by atoms with Gasteiger partial charge in [0.2, 0.25) is 0 Å². The Hall–Kier alpha value is -0.0800. The van der Waals surface area contributed by atoms with Crippen molar-refractivity contribution >= 4 is 0 Å². The summed E-state index contributed by atoms with van der Waals surface area (Å²) in [6.07, 6.45) is 4.39. The van der Waals surface area contributed by atoms with Crippen LogP contribution in [0.4, 0.5) is 0 Å². The third-order valence-electron chi connectivity index (χ3n) is 3.30. The lowest BCUT2D eigenvalue weighted by atomic mass is 9.79. The summed E-state index contributed by atoms with van der Waals surface area (Å²) in [4.78, 5) is 0. The molecule has 0 aliphatic heterocycles. The predicted molar refractivity (Wildman–Crippen MR) is 55.8 cm³/mol. The summed E-state index contributed by atoms with van der Waals surface area (Å²) < 4.78 is 5.34. The fourth-order valence-electron chi connectivity index (χ4n) is 2.31. The summed E-state index contributed by atoms with van der Waals surface area (Å²) in [5, 5.41) is 3.30. The van der Waals surface area contributed by atoms with Gasteiger partial charge < -0.3 is 10.1 Å². The lowest BCUT2D eigenvalue weighted by molar-refractivity contribution is 0.0616. The molecular formula is C11H23NO. The summed E-state index contributed by atoms with van der Waals surface area (Å²) in [7, 11) is 3.84. The first-order chi connectivity index (χ1) is 6.12. The van der Waals surface area contributed by atoms with Gasteiger partial charge in [-0.15, -0.1) is 0 Å². The second-order valence-electron chi connectivity index (χ2n) is 4.71. The first-order valence-electron chi connectivity index (χ1n) is 5.30. The van der Waals surface area contributed by atoms with Gasteiger partial charge in [-0.1, -0.05) is 6.92 Å². The monoisotopic (exact) mass is 185 g/mol. The first kappa shape index (κ1) is 11.0. The van der Waals surface area contributed by atoms with Crippen molar-refractivity contribution < 1.29 is 4.74 Å². The highest BCUT2D eigenvalue weighted by atomic mass is 16.5. The molecule has 2 heteroatoms. The molecular weight excluding hydrogens is 162 g/mol. The van der Waals surface area contributed by atoms with Crippen LogP contribution in [0.5, 0.6) is 0 Å². The SMILES string of the molecule is CNCC(C)(CC(C)OC)C1CC1. The second-order valence-corrected chi connectivity index (χ2v) is 4.71. The molecule has 0 bridgehead atoms. The average Bonchev–Trinajstić information content (AvgIpc) is 2.86. The van der Waals surface area contributed by atoms with Crippen LogP contribution in [0.1, 0.15) is 33.1 Å². The van der Waals surface area contributed by atoms with Gasteiger partial charge in [-0.25, -0.2) is 0 Å². The maximum absolute atomic E-state index is 5.34. The molecule has 1 aliphatic rings. The van der Waals surface area contributed by atoms with Gasteiger partial charge in [0.05, 0.1) is 6.10 Å². The minimum Gasteiger partial charge on any atom is -0.382 e. The summed E-state index contributed by atoms with van der Waals surface area (Å²) in [5.41, 5.74) is 0.449. The smallest absolute Gasteiger partial charge is 0.0549 e. The van der Waals surface area contributed by atoms with E-state index < -0.39 is 0 Å². The first-order valence-corrected chi connectivity index (χ1v) is 5.30. The van der Waals surface area contributed by atoms with Crippen molar-refractivity contribution in [2.45, 2.75) is 39.2 Å². The molecule has 0 amide bonds. The Labute approximate surface area is 82.0 Å². The molecule has 2 unspecified atom stereocenters. The third-order valence-corrected chi connectivity index (χ3v) is 3.30. The number of methoxy groups -OCH3 is 1. The van der Waals surface area contributed by atoms with E-state index in [2.05, 4.69) is 19.2 Å². The molecule has 1 saturated carbocycles. The van der Waals surface area contributed by atoms with E-state index >= 15 is 0 Å². The quantitative estimate of drug-likeness (QED) is 0.684. The normalized spacial score (nSPS) is 24.0. The number of hydrogen-bond acceptors (Lipinski definition) is 2. The van der Waals surface area contributed by atoms with Crippen molar-refractivity contribution in [3.05, 3.63) is 0 Å². The van der Waals surface area contributed by atoms with Crippen LogP contribution >= 0.6 is 0 Å². The fraction of sp³-hybridized carbons (Fsp3) is 1.00. The highest BCUT2D eigenvalue weighted by Crippen LogP contribution is 2.47. The zero-order valence-corrected chi connectivity index (χ0v) is 9.39. The van der Waals surface area contributed by atoms with E-state index in [1.165, 1.54) is 19.3 Å². The summed E-state index contributed by atoms with van der Waals surface area (Å²) in [6.45, 7) is 5.67. The topological polar surface area (TPSA) is 21.3 Å². The Kier molecular flexibility index (Phi) is 3.74. The van der Waals surface area contributed by atoms with Gasteiger partial charge in [0, 0.05) is 13.7 Å². The van der Waals surface area contributed by atoms with Crippen LogP contribution in [0.15, 0.2) is 0 Å². The summed E-state index contributed by atoms with van der Waals surface area (Å²) in [6, 6.07) is 0. The van der Waals surface area contributed by atoms with Gasteiger partial charge in [0.25, 0.3) is 0 Å². The van der Waals surface area contributed by atoms with E-state index in [0.29, 0.717) is 11.5 Å². The van der Waals surface area contributed by atoms with Gasteiger partial charge in [0.15, 0.2) is 0 Å². The molecule has 2 atom stereocenters. The molecule has 1 N–H and O–H groups in total. The van der Waals surface area contributed by atoms with E-state index in [9.17, 15) is 0 Å². The van der Waals surface area contributed by atoms with E-state index in [1.807, 2.05) is 7.05 Å². The molecule has 13 heavy (non-hydrogen) atoms. The molecule has 0 aromatic carbocycles. The van der Waals surface area contributed by atoms with Crippen LogP contribution in [-0.4, -0.2) is 26.8 Å². The predicted octanol–water partition coefficient (Wildman–Crippen LogP) is 2.05. The molecule has 2 nitrogen and oxygen atoms in total. The fourth-order valence-corrected chi connectivity index (χ4v) is 2.31. The van der Waals surface area contributed by atoms with Crippen LogP contribution in [0.2, 0.25) is 0 Å². The molecule has 1 fully saturated rings. The number of nitrogens with one attached hydrogen (secondary N) is 1. The molecule has 78 valence electrons. The molecule has 1 rings (SSSR count). The third kappa shape index (κ3) is 2.96. The van der Waals surface area contributed by atoms with E-state index in [-0.39, 0.29) is 0 Å². The highest BCUT2D eigenvalue weighted by Gasteiger charge is 2.41. The second kappa shape index (κ2) is 4.43. The number of rotatable bonds is 6. The Bertz CT molecular complexity index is 156. The van der Waals surface area contributed by atoms with Gasteiger partial charge in [-0.3, -0.25) is 0 Å². The maximum atomic E-state index is 5.34. The van der Waals surface area contributed by atoms with Crippen LogP contribution in [0, 0.1) is 11.3 Å². The van der Waals surface area contributed by atoms with Crippen LogP contribution in [0.25, 0.3) is 0 Å². The zero-order chi connectivity index (χ0) is 9.90. The van der Waals surface area contributed by atoms with Crippen LogP contribution < -0.4 is 5.32 Å². The molecule has 0 aromatic rings. The van der Waals surface area contributed by atoms with Crippen molar-refractivity contribution in [1.29, 1.82) is 0 Å². The lowest BCUT2D eigenvalue weighted by Crippen LogP contribution is -2.35. The van der Waals surface area contributed by atoms with Gasteiger partial charge in [-0.05, 0) is 44.6 Å². The molecule has 0 heterocycles. The Balaban J connectivity index is 2.45. The highest BCUT2D eigenvalue weighted by molar-refractivity contribution is 4.93. The Morgan fingerprint density at radius 2 is 2.15 bits per heavy atom. The molecule has 1 aliphatic carbocycles. The van der Waals surface area contributed by atoms with Gasteiger partial charge in [0.1, 0.15) is 0 Å². The minimum atomic E-state index is 0.388. The van der Waals surface area contributed by atoms with Crippen LogP contribution in [-0.2, 0) is 4.74 Å². The van der Waals surface area contributed by atoms with E-state index in [4.69, 9.17) is 4.74 Å². The number of hydrogen-bond donors (Lipinski definition) is 1. The molecule has 0 spiro atoms. The van der Waals surface area contributed by atoms with Crippen molar-refractivity contribution in [2.24, 2.45) is 11.3 Å². The van der Waals surface area contributed by atoms with Crippen molar-refractivity contribution in [1.82, 2.24) is 5.32 Å². The minimum absolute atomic E-state index is 0.388. The van der Waals surface area contributed by atoms with Crippen molar-refractivity contribution in [3.63, 3.8) is 0 Å². The van der Waals surface area contributed by atoms with Gasteiger partial charge >= 0.3 is 0 Å². The van der Waals surface area contributed by atoms with Gasteiger partial charge in [-0.2, -0.15) is 0 Å². The summed E-state index contributed by atoms with van der Waals surface area (Å²) in [5.74, 6) is 0.928.